The van der Waals surface area contributed by atoms with Gasteiger partial charge in [0, 0.05) is 18.7 Å². The van der Waals surface area contributed by atoms with Gasteiger partial charge in [0.1, 0.15) is 5.75 Å². The number of carbonyl (C=O) groups excluding carboxylic acids is 2. The molecular formula is C16H18N3O4-. The van der Waals surface area contributed by atoms with Gasteiger partial charge >= 0.3 is 0 Å². The molecule has 0 saturated heterocycles. The van der Waals surface area contributed by atoms with E-state index in [1.807, 2.05) is 6.92 Å². The second kappa shape index (κ2) is 7.98. The van der Waals surface area contributed by atoms with Gasteiger partial charge in [0.2, 0.25) is 0 Å². The Kier molecular flexibility index (Phi) is 5.74. The largest absolute Gasteiger partial charge is 0.550 e. The maximum absolute atomic E-state index is 12.3. The molecule has 0 aliphatic rings. The van der Waals surface area contributed by atoms with E-state index < -0.39 is 5.97 Å². The molecule has 1 amide bonds. The third-order valence-corrected chi connectivity index (χ3v) is 3.09. The molecular weight excluding hydrogens is 298 g/mol. The van der Waals surface area contributed by atoms with E-state index in [1.54, 1.807) is 35.1 Å². The molecule has 0 spiro atoms. The molecule has 0 aliphatic heterocycles. The Morgan fingerprint density at radius 1 is 1.35 bits per heavy atom. The Hall–Kier alpha value is -2.83. The van der Waals surface area contributed by atoms with Gasteiger partial charge in [-0.25, -0.2) is 0 Å². The van der Waals surface area contributed by atoms with Gasteiger partial charge < -0.3 is 20.0 Å². The van der Waals surface area contributed by atoms with Crippen molar-refractivity contribution in [2.75, 3.05) is 11.9 Å². The predicted octanol–water partition coefficient (Wildman–Crippen LogP) is 1.06. The molecule has 0 aliphatic carbocycles. The number of rotatable bonds is 8. The quantitative estimate of drug-likeness (QED) is 0.785. The van der Waals surface area contributed by atoms with E-state index in [0.29, 0.717) is 36.6 Å². The fourth-order valence-corrected chi connectivity index (χ4v) is 2.07. The number of anilines is 1. The molecule has 7 heteroatoms. The van der Waals surface area contributed by atoms with Crippen molar-refractivity contribution in [1.29, 1.82) is 0 Å². The number of nitrogens with zero attached hydrogens (tertiary/aromatic N) is 2. The molecule has 0 fully saturated rings. The SMILES string of the molecule is CCOc1ccccc1C(=O)Nc1cnn(CCCC(=O)[O-])c1. The normalized spacial score (nSPS) is 10.3. The van der Waals surface area contributed by atoms with Gasteiger partial charge in [-0.1, -0.05) is 12.1 Å². The highest BCUT2D eigenvalue weighted by molar-refractivity contribution is 6.06. The molecule has 2 rings (SSSR count). The second-order valence-electron chi connectivity index (χ2n) is 4.85. The predicted molar refractivity (Wildman–Crippen MR) is 82.0 cm³/mol. The van der Waals surface area contributed by atoms with Crippen molar-refractivity contribution in [2.24, 2.45) is 0 Å². The first-order valence-electron chi connectivity index (χ1n) is 7.35. The van der Waals surface area contributed by atoms with Crippen molar-refractivity contribution < 1.29 is 19.4 Å². The van der Waals surface area contributed by atoms with Crippen LogP contribution in [0.25, 0.3) is 0 Å². The number of carbonyl (C=O) groups is 2. The average molecular weight is 316 g/mol. The molecule has 0 radical (unpaired) electrons. The lowest BCUT2D eigenvalue weighted by Crippen LogP contribution is -2.22. The fraction of sp³-hybridized carbons (Fsp3) is 0.312. The van der Waals surface area contributed by atoms with Gasteiger partial charge in [-0.3, -0.25) is 9.48 Å². The zero-order valence-corrected chi connectivity index (χ0v) is 12.8. The Bertz CT molecular complexity index is 681. The first-order chi connectivity index (χ1) is 11.1. The summed E-state index contributed by atoms with van der Waals surface area (Å²) in [6.07, 6.45) is 3.56. The highest BCUT2D eigenvalue weighted by Crippen LogP contribution is 2.19. The smallest absolute Gasteiger partial charge is 0.259 e. The Morgan fingerprint density at radius 3 is 2.87 bits per heavy atom. The van der Waals surface area contributed by atoms with Crippen LogP contribution in [0.2, 0.25) is 0 Å². The molecule has 0 unspecified atom stereocenters. The molecule has 0 bridgehead atoms. The van der Waals surface area contributed by atoms with Crippen LogP contribution >= 0.6 is 0 Å². The monoisotopic (exact) mass is 316 g/mol. The molecule has 7 nitrogen and oxygen atoms in total. The Morgan fingerprint density at radius 2 is 2.13 bits per heavy atom. The lowest BCUT2D eigenvalue weighted by molar-refractivity contribution is -0.305. The van der Waals surface area contributed by atoms with Crippen LogP contribution in [0.15, 0.2) is 36.7 Å². The van der Waals surface area contributed by atoms with Crippen LogP contribution in [0.3, 0.4) is 0 Å². The molecule has 23 heavy (non-hydrogen) atoms. The van der Waals surface area contributed by atoms with E-state index in [2.05, 4.69) is 10.4 Å². The molecule has 1 aromatic heterocycles. The maximum atomic E-state index is 12.3. The van der Waals surface area contributed by atoms with Crippen molar-refractivity contribution in [3.63, 3.8) is 0 Å². The third kappa shape index (κ3) is 4.84. The zero-order chi connectivity index (χ0) is 16.7. The fourth-order valence-electron chi connectivity index (χ4n) is 2.07. The first kappa shape index (κ1) is 16.5. The van der Waals surface area contributed by atoms with Crippen molar-refractivity contribution in [3.05, 3.63) is 42.2 Å². The van der Waals surface area contributed by atoms with Crippen molar-refractivity contribution >= 4 is 17.6 Å². The second-order valence-corrected chi connectivity index (χ2v) is 4.85. The number of carboxylic acid groups (broad SMARTS) is 1. The lowest BCUT2D eigenvalue weighted by Gasteiger charge is -2.09. The minimum atomic E-state index is -1.08. The summed E-state index contributed by atoms with van der Waals surface area (Å²) >= 11 is 0. The number of benzene rings is 1. The van der Waals surface area contributed by atoms with E-state index in [0.717, 1.165) is 0 Å². The average Bonchev–Trinajstić information content (AvgIpc) is 2.95. The number of aryl methyl sites for hydroxylation is 1. The summed E-state index contributed by atoms with van der Waals surface area (Å²) in [4.78, 5) is 22.7. The summed E-state index contributed by atoms with van der Waals surface area (Å²) in [5, 5.41) is 17.2. The summed E-state index contributed by atoms with van der Waals surface area (Å²) in [5.74, 6) is -0.851. The highest BCUT2D eigenvalue weighted by Gasteiger charge is 2.12. The zero-order valence-electron chi connectivity index (χ0n) is 12.8. The van der Waals surface area contributed by atoms with Crippen LogP contribution in [0.4, 0.5) is 5.69 Å². The number of aromatic nitrogens is 2. The van der Waals surface area contributed by atoms with Gasteiger partial charge in [-0.05, 0) is 31.9 Å². The van der Waals surface area contributed by atoms with Crippen LogP contribution in [-0.2, 0) is 11.3 Å². The van der Waals surface area contributed by atoms with Crippen molar-refractivity contribution in [1.82, 2.24) is 9.78 Å². The summed E-state index contributed by atoms with van der Waals surface area (Å²) in [6.45, 7) is 2.77. The molecule has 0 saturated carbocycles. The summed E-state index contributed by atoms with van der Waals surface area (Å²) in [6, 6.07) is 6.99. The standard InChI is InChI=1S/C16H19N3O4/c1-2-23-14-7-4-3-6-13(14)16(22)18-12-10-17-19(11-12)9-5-8-15(20)21/h3-4,6-7,10-11H,2,5,8-9H2,1H3,(H,18,22)(H,20,21)/p-1. The first-order valence-corrected chi connectivity index (χ1v) is 7.35. The minimum absolute atomic E-state index is 0.0245. The topological polar surface area (TPSA) is 96.3 Å². The van der Waals surface area contributed by atoms with E-state index in [9.17, 15) is 14.7 Å². The minimum Gasteiger partial charge on any atom is -0.550 e. The van der Waals surface area contributed by atoms with E-state index >= 15 is 0 Å². The lowest BCUT2D eigenvalue weighted by atomic mass is 10.2. The molecule has 0 atom stereocenters. The number of hydrogen-bond acceptors (Lipinski definition) is 5. The van der Waals surface area contributed by atoms with Crippen LogP contribution in [0, 0.1) is 0 Å². The molecule has 1 aromatic carbocycles. The molecule has 1 heterocycles. The number of nitrogens with one attached hydrogen (secondary N) is 1. The van der Waals surface area contributed by atoms with E-state index in [4.69, 9.17) is 4.74 Å². The highest BCUT2D eigenvalue weighted by atomic mass is 16.5. The molecule has 122 valence electrons. The van der Waals surface area contributed by atoms with E-state index in [1.165, 1.54) is 6.20 Å². The third-order valence-electron chi connectivity index (χ3n) is 3.09. The molecule has 2 aromatic rings. The summed E-state index contributed by atoms with van der Waals surface area (Å²) in [5.41, 5.74) is 0.980. The number of carboxylic acids is 1. The van der Waals surface area contributed by atoms with Gasteiger partial charge in [0.25, 0.3) is 5.91 Å². The number of aliphatic carboxylic acids is 1. The van der Waals surface area contributed by atoms with Crippen LogP contribution in [0.5, 0.6) is 5.75 Å². The van der Waals surface area contributed by atoms with Crippen LogP contribution < -0.4 is 15.2 Å². The van der Waals surface area contributed by atoms with E-state index in [-0.39, 0.29) is 12.3 Å². The van der Waals surface area contributed by atoms with Crippen molar-refractivity contribution in [3.8, 4) is 5.75 Å². The van der Waals surface area contributed by atoms with Gasteiger partial charge in [0.15, 0.2) is 0 Å². The van der Waals surface area contributed by atoms with Gasteiger partial charge in [-0.15, -0.1) is 0 Å². The number of amides is 1. The van der Waals surface area contributed by atoms with Gasteiger partial charge in [-0.2, -0.15) is 5.10 Å². The number of ether oxygens (including phenoxy) is 1. The van der Waals surface area contributed by atoms with Crippen molar-refractivity contribution in [2.45, 2.75) is 26.3 Å². The van der Waals surface area contributed by atoms with Crippen LogP contribution in [-0.4, -0.2) is 28.3 Å². The number of hydrogen-bond donors (Lipinski definition) is 1. The summed E-state index contributed by atoms with van der Waals surface area (Å²) in [7, 11) is 0. The molecule has 1 N–H and O–H groups in total. The number of para-hydroxylation sites is 1. The Labute approximate surface area is 133 Å². The van der Waals surface area contributed by atoms with Crippen LogP contribution in [0.1, 0.15) is 30.1 Å². The Balaban J connectivity index is 1.98. The summed E-state index contributed by atoms with van der Waals surface area (Å²) < 4.78 is 7.01. The maximum Gasteiger partial charge on any atom is 0.259 e. The van der Waals surface area contributed by atoms with Gasteiger partial charge in [0.05, 0.1) is 24.1 Å².